The van der Waals surface area contributed by atoms with Crippen molar-refractivity contribution in [1.82, 2.24) is 4.90 Å². The smallest absolute Gasteiger partial charge is 0.289 e. The molecule has 0 atom stereocenters. The van der Waals surface area contributed by atoms with E-state index in [-0.39, 0.29) is 19.3 Å². The molecule has 0 unspecified atom stereocenters. The maximum absolute atomic E-state index is 12.9. The summed E-state index contributed by atoms with van der Waals surface area (Å²) >= 11 is 0. The molecule has 2 aromatic carbocycles. The van der Waals surface area contributed by atoms with Crippen molar-refractivity contribution in [3.05, 3.63) is 66.1 Å². The number of carbonyl (C=O) groups is 1. The molecule has 8 heteroatoms. The number of hydrogen-bond acceptors (Lipinski definition) is 7. The highest BCUT2D eigenvalue weighted by molar-refractivity contribution is 5.91. The molecule has 8 nitrogen and oxygen atoms in total. The third-order valence-corrected chi connectivity index (χ3v) is 5.59. The molecule has 0 radical (unpaired) electrons. The Morgan fingerprint density at radius 3 is 2.62 bits per heavy atom. The van der Waals surface area contributed by atoms with Crippen LogP contribution < -0.4 is 23.8 Å². The first-order valence-electron chi connectivity index (χ1n) is 10.5. The van der Waals surface area contributed by atoms with E-state index in [0.29, 0.717) is 41.9 Å². The van der Waals surface area contributed by atoms with Crippen LogP contribution >= 0.6 is 0 Å². The van der Waals surface area contributed by atoms with E-state index in [1.165, 1.54) is 0 Å². The Morgan fingerprint density at radius 1 is 0.969 bits per heavy atom. The van der Waals surface area contributed by atoms with Gasteiger partial charge in [0, 0.05) is 32.2 Å². The van der Waals surface area contributed by atoms with Gasteiger partial charge in [-0.25, -0.2) is 0 Å². The van der Waals surface area contributed by atoms with Crippen molar-refractivity contribution in [3.63, 3.8) is 0 Å². The number of carbonyl (C=O) groups excluding carboxylic acids is 1. The number of piperazine rings is 1. The minimum absolute atomic E-state index is 0.112. The summed E-state index contributed by atoms with van der Waals surface area (Å²) in [5.41, 5.74) is 1.04. The Hall–Kier alpha value is -3.81. The van der Waals surface area contributed by atoms with Crippen molar-refractivity contribution in [2.75, 3.05) is 45.0 Å². The van der Waals surface area contributed by atoms with Gasteiger partial charge in [0.15, 0.2) is 17.3 Å². The second-order valence-electron chi connectivity index (χ2n) is 7.52. The van der Waals surface area contributed by atoms with Gasteiger partial charge in [-0.05, 0) is 36.4 Å². The highest BCUT2D eigenvalue weighted by Gasteiger charge is 2.25. The number of benzene rings is 2. The van der Waals surface area contributed by atoms with Gasteiger partial charge in [0.05, 0.1) is 12.8 Å². The fourth-order valence-electron chi connectivity index (χ4n) is 3.89. The van der Waals surface area contributed by atoms with Crippen LogP contribution in [0.2, 0.25) is 0 Å². The van der Waals surface area contributed by atoms with Gasteiger partial charge >= 0.3 is 0 Å². The summed E-state index contributed by atoms with van der Waals surface area (Å²) in [5.74, 6) is 3.63. The molecule has 0 aliphatic carbocycles. The van der Waals surface area contributed by atoms with E-state index in [9.17, 15) is 4.79 Å². The Labute approximate surface area is 185 Å². The Morgan fingerprint density at radius 2 is 1.78 bits per heavy atom. The van der Waals surface area contributed by atoms with Crippen molar-refractivity contribution in [2.24, 2.45) is 0 Å². The van der Waals surface area contributed by atoms with E-state index in [1.54, 1.807) is 31.4 Å². The number of ether oxygens (including phenoxy) is 4. The fraction of sp³-hybridized carbons (Fsp3) is 0.292. The fourth-order valence-corrected chi connectivity index (χ4v) is 3.89. The highest BCUT2D eigenvalue weighted by atomic mass is 16.7. The molecule has 0 bridgehead atoms. The monoisotopic (exact) mass is 436 g/mol. The van der Waals surface area contributed by atoms with E-state index in [2.05, 4.69) is 4.90 Å². The number of amides is 1. The first kappa shape index (κ1) is 20.1. The third-order valence-electron chi connectivity index (χ3n) is 5.59. The zero-order chi connectivity index (χ0) is 21.9. The SMILES string of the molecule is COc1ccccc1N1CCN(C(=O)c2ccc(COc3ccc4c(c3)OCO4)o2)CC1. The van der Waals surface area contributed by atoms with Crippen molar-refractivity contribution in [2.45, 2.75) is 6.61 Å². The van der Waals surface area contributed by atoms with Crippen LogP contribution in [0.1, 0.15) is 16.3 Å². The van der Waals surface area contributed by atoms with Crippen LogP contribution in [0.15, 0.2) is 59.0 Å². The van der Waals surface area contributed by atoms with Crippen LogP contribution in [0.5, 0.6) is 23.0 Å². The summed E-state index contributed by atoms with van der Waals surface area (Å²) in [4.78, 5) is 16.9. The van der Waals surface area contributed by atoms with Crippen LogP contribution in [0.4, 0.5) is 5.69 Å². The predicted molar refractivity (Wildman–Crippen MR) is 117 cm³/mol. The van der Waals surface area contributed by atoms with E-state index in [1.807, 2.05) is 35.2 Å². The average Bonchev–Trinajstić information content (AvgIpc) is 3.51. The lowest BCUT2D eigenvalue weighted by Gasteiger charge is -2.36. The molecule has 1 saturated heterocycles. The first-order chi connectivity index (χ1) is 15.7. The second kappa shape index (κ2) is 8.74. The van der Waals surface area contributed by atoms with E-state index in [4.69, 9.17) is 23.4 Å². The quantitative estimate of drug-likeness (QED) is 0.585. The highest BCUT2D eigenvalue weighted by Crippen LogP contribution is 2.35. The molecule has 2 aliphatic rings. The summed E-state index contributed by atoms with van der Waals surface area (Å²) in [7, 11) is 1.67. The summed E-state index contributed by atoms with van der Waals surface area (Å²) in [6.45, 7) is 3.12. The van der Waals surface area contributed by atoms with Gasteiger partial charge in [0.1, 0.15) is 23.9 Å². The van der Waals surface area contributed by atoms with Crippen LogP contribution in [0.25, 0.3) is 0 Å². The van der Waals surface area contributed by atoms with Gasteiger partial charge in [0.2, 0.25) is 6.79 Å². The lowest BCUT2D eigenvalue weighted by Crippen LogP contribution is -2.48. The predicted octanol–water partition coefficient (Wildman–Crippen LogP) is 3.56. The maximum Gasteiger partial charge on any atom is 0.289 e. The van der Waals surface area contributed by atoms with E-state index < -0.39 is 0 Å². The van der Waals surface area contributed by atoms with Gasteiger partial charge < -0.3 is 33.2 Å². The minimum Gasteiger partial charge on any atom is -0.495 e. The van der Waals surface area contributed by atoms with Gasteiger partial charge in [-0.15, -0.1) is 0 Å². The zero-order valence-corrected chi connectivity index (χ0v) is 17.8. The Bertz CT molecular complexity index is 1100. The number of para-hydroxylation sites is 2. The van der Waals surface area contributed by atoms with Crippen molar-refractivity contribution >= 4 is 11.6 Å². The minimum atomic E-state index is -0.112. The molecule has 5 rings (SSSR count). The van der Waals surface area contributed by atoms with Gasteiger partial charge in [-0.3, -0.25) is 4.79 Å². The molecule has 3 aromatic rings. The average molecular weight is 436 g/mol. The molecular formula is C24H24N2O6. The molecule has 1 aromatic heterocycles. The summed E-state index contributed by atoms with van der Waals surface area (Å²) in [6.07, 6.45) is 0. The zero-order valence-electron chi connectivity index (χ0n) is 17.8. The first-order valence-corrected chi connectivity index (χ1v) is 10.5. The van der Waals surface area contributed by atoms with Crippen molar-refractivity contribution < 1.29 is 28.2 Å². The topological polar surface area (TPSA) is 73.6 Å². The molecule has 166 valence electrons. The summed E-state index contributed by atoms with van der Waals surface area (Å²) in [6, 6.07) is 16.8. The van der Waals surface area contributed by atoms with E-state index in [0.717, 1.165) is 24.5 Å². The standard InChI is InChI=1S/C24H24N2O6/c1-28-20-5-3-2-4-19(20)25-10-12-26(13-11-25)24(27)22-9-7-18(32-22)15-29-17-6-8-21-23(14-17)31-16-30-21/h2-9,14H,10-13,15-16H2,1H3. The lowest BCUT2D eigenvalue weighted by atomic mass is 10.2. The summed E-state index contributed by atoms with van der Waals surface area (Å²) < 4.78 is 27.6. The van der Waals surface area contributed by atoms with Crippen LogP contribution in [-0.2, 0) is 6.61 Å². The molecule has 2 aliphatic heterocycles. The third kappa shape index (κ3) is 4.03. The maximum atomic E-state index is 12.9. The Kier molecular flexibility index (Phi) is 5.49. The normalized spacial score (nSPS) is 15.0. The molecule has 0 N–H and O–H groups in total. The molecule has 1 fully saturated rings. The molecular weight excluding hydrogens is 412 g/mol. The number of anilines is 1. The number of hydrogen-bond donors (Lipinski definition) is 0. The number of fused-ring (bicyclic) bond motifs is 1. The summed E-state index contributed by atoms with van der Waals surface area (Å²) in [5, 5.41) is 0. The molecule has 0 spiro atoms. The van der Waals surface area contributed by atoms with Crippen molar-refractivity contribution in [3.8, 4) is 23.0 Å². The largest absolute Gasteiger partial charge is 0.495 e. The second-order valence-corrected chi connectivity index (χ2v) is 7.52. The lowest BCUT2D eigenvalue weighted by molar-refractivity contribution is 0.0710. The Balaban J connectivity index is 1.16. The van der Waals surface area contributed by atoms with Gasteiger partial charge in [-0.1, -0.05) is 12.1 Å². The van der Waals surface area contributed by atoms with Gasteiger partial charge in [0.25, 0.3) is 5.91 Å². The van der Waals surface area contributed by atoms with Crippen LogP contribution in [0.3, 0.4) is 0 Å². The number of nitrogens with zero attached hydrogens (tertiary/aromatic N) is 2. The number of rotatable bonds is 6. The van der Waals surface area contributed by atoms with E-state index >= 15 is 0 Å². The van der Waals surface area contributed by atoms with Crippen molar-refractivity contribution in [1.29, 1.82) is 0 Å². The molecule has 0 saturated carbocycles. The van der Waals surface area contributed by atoms with Crippen LogP contribution in [0, 0.1) is 0 Å². The molecule has 3 heterocycles. The number of methoxy groups -OCH3 is 1. The van der Waals surface area contributed by atoms with Crippen LogP contribution in [-0.4, -0.2) is 50.9 Å². The van der Waals surface area contributed by atoms with Gasteiger partial charge in [-0.2, -0.15) is 0 Å². The molecule has 1 amide bonds. The molecule has 32 heavy (non-hydrogen) atoms. The number of furan rings is 1.